The van der Waals surface area contributed by atoms with Gasteiger partial charge in [-0.2, -0.15) is 0 Å². The predicted octanol–water partition coefficient (Wildman–Crippen LogP) is 5.64. The third-order valence-corrected chi connectivity index (χ3v) is 7.22. The number of aliphatic imine (C=N–C) groups is 2. The van der Waals surface area contributed by atoms with Crippen LogP contribution in [0.25, 0.3) is 16.7 Å². The van der Waals surface area contributed by atoms with Crippen LogP contribution in [0.1, 0.15) is 55.4 Å². The molecule has 1 saturated heterocycles. The van der Waals surface area contributed by atoms with Crippen LogP contribution in [0.2, 0.25) is 0 Å². The number of aryl methyl sites for hydroxylation is 1. The summed E-state index contributed by atoms with van der Waals surface area (Å²) in [7, 11) is 4.26. The molecule has 0 radical (unpaired) electrons. The average molecular weight is 551 g/mol. The van der Waals surface area contributed by atoms with Crippen molar-refractivity contribution in [2.45, 2.75) is 52.6 Å². The molecule has 0 atom stereocenters. The number of anilines is 1. The minimum absolute atomic E-state index is 0.0689. The molecule has 0 spiro atoms. The van der Waals surface area contributed by atoms with E-state index in [-0.39, 0.29) is 29.5 Å². The van der Waals surface area contributed by atoms with Gasteiger partial charge in [-0.05, 0) is 91.3 Å². The molecule has 10 heteroatoms. The van der Waals surface area contributed by atoms with Gasteiger partial charge in [0.2, 0.25) is 0 Å². The Morgan fingerprint density at radius 3 is 2.52 bits per heavy atom. The van der Waals surface area contributed by atoms with E-state index in [9.17, 15) is 8.78 Å². The van der Waals surface area contributed by atoms with Crippen molar-refractivity contribution in [3.05, 3.63) is 58.6 Å². The van der Waals surface area contributed by atoms with Gasteiger partial charge in [-0.1, -0.05) is 6.07 Å². The van der Waals surface area contributed by atoms with Crippen LogP contribution in [0.3, 0.4) is 0 Å². The van der Waals surface area contributed by atoms with Crippen molar-refractivity contribution < 1.29 is 8.78 Å². The van der Waals surface area contributed by atoms with E-state index in [4.69, 9.17) is 0 Å². The monoisotopic (exact) mass is 550 g/mol. The summed E-state index contributed by atoms with van der Waals surface area (Å²) in [4.78, 5) is 21.5. The third-order valence-electron chi connectivity index (χ3n) is 7.22. The number of fused-ring (bicyclic) bond motifs is 2. The molecule has 0 saturated carbocycles. The van der Waals surface area contributed by atoms with Gasteiger partial charge in [-0.3, -0.25) is 9.98 Å². The second kappa shape index (κ2) is 13.2. The summed E-state index contributed by atoms with van der Waals surface area (Å²) in [6, 6.07) is 6.93. The maximum absolute atomic E-state index is 14.9. The van der Waals surface area contributed by atoms with Crippen LogP contribution in [-0.4, -0.2) is 77.7 Å². The molecule has 1 N–H and O–H groups in total. The number of pyridine rings is 1. The molecule has 2 aliphatic rings. The maximum atomic E-state index is 14.9. The predicted molar refractivity (Wildman–Crippen MR) is 160 cm³/mol. The summed E-state index contributed by atoms with van der Waals surface area (Å²) in [6.07, 6.45) is 4.79. The number of imidazole rings is 1. The van der Waals surface area contributed by atoms with Gasteiger partial charge >= 0.3 is 0 Å². The minimum Gasteiger partial charge on any atom is -0.351 e. The standard InChI is InChI=1S/C25H29F2N7.C5H11N/c1-15(2)34-16(3)31-25-19(26)10-18(11-22(25)34)24(28-4)20(27)12-29-14-30-23-7-6-17-13-33(5)9-8-21(17)32-23;1-6-4-2-3-5-6/h6-7,10-12,15H,4,8-9,13-14H2,1-3,5H3,(H,30,32);2-5H2,1H3/b24-20+,29-12-;. The maximum Gasteiger partial charge on any atom is 0.167 e. The summed E-state index contributed by atoms with van der Waals surface area (Å²) in [5.41, 5.74) is 3.33. The van der Waals surface area contributed by atoms with Crippen molar-refractivity contribution in [3.63, 3.8) is 0 Å². The second-order valence-corrected chi connectivity index (χ2v) is 10.8. The second-order valence-electron chi connectivity index (χ2n) is 10.8. The Morgan fingerprint density at radius 2 is 1.88 bits per heavy atom. The zero-order valence-electron chi connectivity index (χ0n) is 24.2. The van der Waals surface area contributed by atoms with E-state index in [0.29, 0.717) is 17.2 Å². The van der Waals surface area contributed by atoms with Gasteiger partial charge in [0.05, 0.1) is 11.7 Å². The summed E-state index contributed by atoms with van der Waals surface area (Å²) in [5.74, 6) is 0.141. The summed E-state index contributed by atoms with van der Waals surface area (Å²) < 4.78 is 31.6. The first-order valence-electron chi connectivity index (χ1n) is 13.8. The average Bonchev–Trinajstić information content (AvgIpc) is 3.53. The normalized spacial score (nSPS) is 16.7. The van der Waals surface area contributed by atoms with E-state index >= 15 is 0 Å². The molecule has 214 valence electrons. The van der Waals surface area contributed by atoms with E-state index in [0.717, 1.165) is 31.4 Å². The first-order chi connectivity index (χ1) is 19.2. The van der Waals surface area contributed by atoms with Gasteiger partial charge in [-0.15, -0.1) is 0 Å². The smallest absolute Gasteiger partial charge is 0.167 e. The lowest BCUT2D eigenvalue weighted by Crippen LogP contribution is -2.27. The molecule has 40 heavy (non-hydrogen) atoms. The largest absolute Gasteiger partial charge is 0.351 e. The quantitative estimate of drug-likeness (QED) is 0.386. The third kappa shape index (κ3) is 6.98. The van der Waals surface area contributed by atoms with Gasteiger partial charge in [0.25, 0.3) is 0 Å². The van der Waals surface area contributed by atoms with E-state index in [2.05, 4.69) is 61.9 Å². The lowest BCUT2D eigenvalue weighted by molar-refractivity contribution is 0.310. The van der Waals surface area contributed by atoms with Gasteiger partial charge in [0.1, 0.15) is 29.5 Å². The summed E-state index contributed by atoms with van der Waals surface area (Å²) in [6.45, 7) is 13.9. The van der Waals surface area contributed by atoms with Crippen molar-refractivity contribution in [3.8, 4) is 0 Å². The number of nitrogens with one attached hydrogen (secondary N) is 1. The van der Waals surface area contributed by atoms with Crippen LogP contribution in [0.5, 0.6) is 0 Å². The topological polar surface area (TPSA) is 73.9 Å². The molecule has 2 aliphatic heterocycles. The minimum atomic E-state index is -0.704. The Hall–Kier alpha value is -3.50. The van der Waals surface area contributed by atoms with E-state index in [1.165, 1.54) is 37.6 Å². The van der Waals surface area contributed by atoms with E-state index in [1.54, 1.807) is 6.07 Å². The highest BCUT2D eigenvalue weighted by Crippen LogP contribution is 2.29. The van der Waals surface area contributed by atoms with Crippen LogP contribution >= 0.6 is 0 Å². The molecule has 0 amide bonds. The number of likely N-dealkylation sites (N-methyl/N-ethyl adjacent to an activating group) is 1. The first-order valence-corrected chi connectivity index (χ1v) is 13.8. The Morgan fingerprint density at radius 1 is 1.12 bits per heavy atom. The highest BCUT2D eigenvalue weighted by Gasteiger charge is 2.18. The fourth-order valence-corrected chi connectivity index (χ4v) is 5.21. The number of hydrogen-bond acceptors (Lipinski definition) is 7. The van der Waals surface area contributed by atoms with Crippen LogP contribution in [0, 0.1) is 12.7 Å². The van der Waals surface area contributed by atoms with Gasteiger partial charge < -0.3 is 19.7 Å². The Bertz CT molecular complexity index is 1400. The molecule has 0 unspecified atom stereocenters. The molecular formula is C30H40F2N8. The Balaban J connectivity index is 0.000000546. The highest BCUT2D eigenvalue weighted by molar-refractivity contribution is 5.91. The number of halogens is 2. The number of hydrogen-bond donors (Lipinski definition) is 1. The van der Waals surface area contributed by atoms with Crippen molar-refractivity contribution >= 4 is 35.5 Å². The lowest BCUT2D eigenvalue weighted by Gasteiger charge is -2.24. The van der Waals surface area contributed by atoms with Gasteiger partial charge in [0.15, 0.2) is 11.6 Å². The summed E-state index contributed by atoms with van der Waals surface area (Å²) in [5, 5.41) is 3.08. The molecule has 0 bridgehead atoms. The molecular weight excluding hydrogens is 510 g/mol. The summed E-state index contributed by atoms with van der Waals surface area (Å²) >= 11 is 0. The number of allylic oxidation sites excluding steroid dienone is 1. The number of aromatic nitrogens is 3. The van der Waals surface area contributed by atoms with Crippen LogP contribution in [0.15, 0.2) is 40.1 Å². The van der Waals surface area contributed by atoms with E-state index < -0.39 is 11.6 Å². The van der Waals surface area contributed by atoms with Crippen LogP contribution in [-0.2, 0) is 13.0 Å². The van der Waals surface area contributed by atoms with Crippen LogP contribution < -0.4 is 5.32 Å². The molecule has 4 heterocycles. The molecule has 1 aromatic carbocycles. The molecule has 1 fully saturated rings. The molecule has 3 aromatic rings. The molecule has 2 aromatic heterocycles. The molecule has 8 nitrogen and oxygen atoms in total. The van der Waals surface area contributed by atoms with Gasteiger partial charge in [0, 0.05) is 36.8 Å². The Kier molecular flexibility index (Phi) is 9.76. The lowest BCUT2D eigenvalue weighted by atomic mass is 10.1. The number of likely N-dealkylation sites (tertiary alicyclic amines) is 1. The fourth-order valence-electron chi connectivity index (χ4n) is 5.21. The molecule has 0 aliphatic carbocycles. The Labute approximate surface area is 235 Å². The number of benzene rings is 1. The van der Waals surface area contributed by atoms with Crippen molar-refractivity contribution in [2.24, 2.45) is 9.98 Å². The number of rotatable bonds is 7. The van der Waals surface area contributed by atoms with Crippen molar-refractivity contribution in [2.75, 3.05) is 45.7 Å². The van der Waals surface area contributed by atoms with Crippen molar-refractivity contribution in [1.82, 2.24) is 24.3 Å². The van der Waals surface area contributed by atoms with Crippen LogP contribution in [0.4, 0.5) is 14.6 Å². The SMILES string of the molecule is C=N/C(=C(F)\C=N/CNc1ccc2c(n1)CCN(C)C2)c1cc(F)c2nc(C)n(C(C)C)c2c1.CN1CCCC1. The van der Waals surface area contributed by atoms with Crippen molar-refractivity contribution in [1.29, 1.82) is 0 Å². The highest BCUT2D eigenvalue weighted by atomic mass is 19.1. The number of nitrogens with zero attached hydrogens (tertiary/aromatic N) is 7. The zero-order valence-corrected chi connectivity index (χ0v) is 24.2. The first kappa shape index (κ1) is 29.5. The fraction of sp³-hybridized carbons (Fsp3) is 0.467. The van der Waals surface area contributed by atoms with E-state index in [1.807, 2.05) is 31.4 Å². The molecule has 5 rings (SSSR count). The zero-order chi connectivity index (χ0) is 28.8. The van der Waals surface area contributed by atoms with Gasteiger partial charge in [-0.25, -0.2) is 18.7 Å².